The van der Waals surface area contributed by atoms with Gasteiger partial charge < -0.3 is 49.2 Å². The van der Waals surface area contributed by atoms with Gasteiger partial charge in [-0.1, -0.05) is 0 Å². The topological polar surface area (TPSA) is 268 Å². The molecule has 0 aromatic heterocycles. The maximum atomic E-state index is 0. The van der Waals surface area contributed by atoms with Gasteiger partial charge in [-0.15, -0.1) is 0 Å². The maximum Gasteiger partial charge on any atom is 0 e. The predicted octanol–water partition coefficient (Wildman–Crippen LogP) is 5.73. The van der Waals surface area contributed by atoms with Crippen LogP contribution in [0.1, 0.15) is 0 Å². The second kappa shape index (κ2) is 14000. The van der Waals surface area contributed by atoms with Crippen LogP contribution in [0.5, 0.6) is 0 Å². The van der Waals surface area contributed by atoms with Gasteiger partial charge in [-0.05, 0) is 0 Å². The molecule has 0 amide bonds. The molecule has 0 spiro atoms. The normalized spacial score (nSPS) is 0. The standard InChI is InChI=1S/8H2N.Ni/h8*1H2;/q8*-1;. The zero-order valence-corrected chi connectivity index (χ0v) is 5.92. The Bertz CT molecular complexity index is 4.53. The largest absolute Gasteiger partial charge is 0.693 e. The van der Waals surface area contributed by atoms with Crippen molar-refractivity contribution in [3.8, 4) is 0 Å². The monoisotopic (exact) mass is 186 g/mol. The molecule has 9 heteroatoms. The Morgan fingerprint density at radius 1 is 0.222 bits per heavy atom. The summed E-state index contributed by atoms with van der Waals surface area (Å²) in [6.07, 6.45) is 0. The van der Waals surface area contributed by atoms with E-state index in [1.165, 1.54) is 0 Å². The van der Waals surface area contributed by atoms with E-state index < -0.39 is 0 Å². The first-order chi connectivity index (χ1) is 0. The minimum Gasteiger partial charge on any atom is -0.693 e. The first-order valence-corrected chi connectivity index (χ1v) is 0. The number of hydrogen-bond donors (Lipinski definition) is 0. The van der Waals surface area contributed by atoms with Gasteiger partial charge >= 0.3 is 0 Å². The molecule has 74 valence electrons. The Labute approximate surface area is 66.5 Å². The van der Waals surface area contributed by atoms with Gasteiger partial charge in [0.25, 0.3) is 0 Å². The van der Waals surface area contributed by atoms with Crippen molar-refractivity contribution >= 4 is 0 Å². The summed E-state index contributed by atoms with van der Waals surface area (Å²) in [5, 5.41) is 0. The third-order valence-corrected chi connectivity index (χ3v) is 0. The van der Waals surface area contributed by atoms with Crippen molar-refractivity contribution in [1.29, 1.82) is 0 Å². The summed E-state index contributed by atoms with van der Waals surface area (Å²) < 4.78 is 0. The summed E-state index contributed by atoms with van der Waals surface area (Å²) in [5.41, 5.74) is 0. The smallest absolute Gasteiger partial charge is 0 e. The van der Waals surface area contributed by atoms with Gasteiger partial charge in [-0.3, -0.25) is 0 Å². The van der Waals surface area contributed by atoms with Gasteiger partial charge in [0.2, 0.25) is 0 Å². The number of nitrogens with two attached hydrogens (primary N) is 8. The van der Waals surface area contributed by atoms with E-state index in [2.05, 4.69) is 0 Å². The van der Waals surface area contributed by atoms with Crippen molar-refractivity contribution < 1.29 is 16.5 Å². The van der Waals surface area contributed by atoms with Gasteiger partial charge in [0.05, 0.1) is 0 Å². The molecule has 0 saturated carbocycles. The van der Waals surface area contributed by atoms with Crippen molar-refractivity contribution in [2.24, 2.45) is 0 Å². The Kier molecular flexibility index (Phi) is 31600000. The molecule has 0 bridgehead atoms. The van der Waals surface area contributed by atoms with E-state index >= 15 is 0 Å². The predicted molar refractivity (Wildman–Crippen MR) is 42.3 cm³/mol. The van der Waals surface area contributed by atoms with Gasteiger partial charge in [0.1, 0.15) is 0 Å². The van der Waals surface area contributed by atoms with Gasteiger partial charge in [0, 0.05) is 16.5 Å². The molecule has 16 N–H and O–H groups in total. The van der Waals surface area contributed by atoms with Crippen molar-refractivity contribution in [1.82, 2.24) is 0 Å². The van der Waals surface area contributed by atoms with E-state index in [9.17, 15) is 0 Å². The van der Waals surface area contributed by atoms with Crippen LogP contribution in [-0.2, 0) is 16.5 Å². The van der Waals surface area contributed by atoms with Crippen LogP contribution in [0.3, 0.4) is 0 Å². The maximum absolute atomic E-state index is 0. The van der Waals surface area contributed by atoms with Crippen LogP contribution in [0.15, 0.2) is 0 Å². The average molecular weight is 187 g/mol. The molecule has 0 unspecified atom stereocenters. The number of hydrogen-bond acceptors (Lipinski definition) is 0. The summed E-state index contributed by atoms with van der Waals surface area (Å²) in [7, 11) is 0. The second-order valence-electron chi connectivity index (χ2n) is 0. The number of rotatable bonds is 0. The second-order valence-corrected chi connectivity index (χ2v) is 0. The van der Waals surface area contributed by atoms with Crippen LogP contribution in [0.2, 0.25) is 0 Å². The van der Waals surface area contributed by atoms with Crippen molar-refractivity contribution in [2.45, 2.75) is 0 Å². The minimum absolute atomic E-state index is 0. The molecule has 0 heterocycles. The van der Waals surface area contributed by atoms with E-state index in [1.54, 1.807) is 0 Å². The van der Waals surface area contributed by atoms with Crippen molar-refractivity contribution in [3.05, 3.63) is 49.2 Å². The van der Waals surface area contributed by atoms with Crippen LogP contribution in [-0.4, -0.2) is 0 Å². The van der Waals surface area contributed by atoms with Crippen molar-refractivity contribution in [3.63, 3.8) is 0 Å². The van der Waals surface area contributed by atoms with E-state index in [-0.39, 0.29) is 65.7 Å². The van der Waals surface area contributed by atoms with Crippen molar-refractivity contribution in [2.75, 3.05) is 0 Å². The van der Waals surface area contributed by atoms with Crippen LogP contribution in [0, 0.1) is 0 Å². The molecule has 0 aromatic carbocycles. The fourth-order valence-electron chi connectivity index (χ4n) is 0. The Hall–Kier alpha value is 0.174. The quantitative estimate of drug-likeness (QED) is 0.409. The fraction of sp³-hybridized carbons (Fsp3) is 0. The van der Waals surface area contributed by atoms with Gasteiger partial charge in [-0.2, -0.15) is 0 Å². The van der Waals surface area contributed by atoms with Crippen LogP contribution < -0.4 is 0 Å². The first-order valence-electron chi connectivity index (χ1n) is 0. The third kappa shape index (κ3) is 10300. The van der Waals surface area contributed by atoms with E-state index in [0.29, 0.717) is 0 Å². The fourth-order valence-corrected chi connectivity index (χ4v) is 0. The van der Waals surface area contributed by atoms with Crippen LogP contribution in [0.25, 0.3) is 49.2 Å². The molecule has 8 nitrogen and oxygen atoms in total. The van der Waals surface area contributed by atoms with Crippen LogP contribution in [0.4, 0.5) is 0 Å². The first kappa shape index (κ1) is 20400. The molecule has 0 aliphatic rings. The molecule has 9 heavy (non-hydrogen) atoms. The molecule has 0 rings (SSSR count). The van der Waals surface area contributed by atoms with Gasteiger partial charge in [-0.25, -0.2) is 0 Å². The molecule has 0 saturated heterocycles. The van der Waals surface area contributed by atoms with E-state index in [4.69, 9.17) is 0 Å². The van der Waals surface area contributed by atoms with E-state index in [0.717, 1.165) is 0 Å². The van der Waals surface area contributed by atoms with E-state index in [1.807, 2.05) is 0 Å². The zero-order valence-electron chi connectivity index (χ0n) is 4.94. The minimum atomic E-state index is 0. The molecule has 0 radical (unpaired) electrons. The average Bonchev–Trinajstić information content (AvgIpc) is 0. The Morgan fingerprint density at radius 2 is 0.222 bits per heavy atom. The Balaban J connectivity index is 0. The summed E-state index contributed by atoms with van der Waals surface area (Å²) in [5.74, 6) is 0. The molecule has 0 aliphatic carbocycles. The van der Waals surface area contributed by atoms with Crippen LogP contribution >= 0.6 is 0 Å². The molecule has 0 atom stereocenters. The Morgan fingerprint density at radius 3 is 0.222 bits per heavy atom. The summed E-state index contributed by atoms with van der Waals surface area (Å²) >= 11 is 0. The molecular formula is H16N8Ni-8. The van der Waals surface area contributed by atoms with Gasteiger partial charge in [0.15, 0.2) is 0 Å². The molecule has 0 aliphatic heterocycles. The molecular weight excluding hydrogens is 171 g/mol. The summed E-state index contributed by atoms with van der Waals surface area (Å²) in [6, 6.07) is 0. The summed E-state index contributed by atoms with van der Waals surface area (Å²) in [6.45, 7) is 0. The summed E-state index contributed by atoms with van der Waals surface area (Å²) in [4.78, 5) is 0. The molecule has 0 aromatic rings. The zero-order chi connectivity index (χ0) is 0. The third-order valence-electron chi connectivity index (χ3n) is 0. The molecule has 0 fully saturated rings. The SMILES string of the molecule is [NH2-].[NH2-].[NH2-].[NH2-].[NH2-].[NH2-].[NH2-].[NH2-].[Ni].